The molecule has 2 heterocycles. The molecule has 0 atom stereocenters. The summed E-state index contributed by atoms with van der Waals surface area (Å²) >= 11 is 6.20. The van der Waals surface area contributed by atoms with Crippen molar-refractivity contribution in [2.45, 2.75) is 13.0 Å². The lowest BCUT2D eigenvalue weighted by atomic mass is 9.99. The van der Waals surface area contributed by atoms with E-state index in [1.807, 2.05) is 36.4 Å². The summed E-state index contributed by atoms with van der Waals surface area (Å²) in [7, 11) is 3.30. The Bertz CT molecular complexity index is 998. The molecule has 0 fully saturated rings. The molecule has 1 aliphatic rings. The number of aromatic nitrogens is 3. The van der Waals surface area contributed by atoms with E-state index in [4.69, 9.17) is 21.1 Å². The van der Waals surface area contributed by atoms with Crippen LogP contribution in [0.5, 0.6) is 11.5 Å². The highest BCUT2D eigenvalue weighted by molar-refractivity contribution is 6.33. The lowest BCUT2D eigenvalue weighted by molar-refractivity contribution is 0.353. The van der Waals surface area contributed by atoms with E-state index in [-0.39, 0.29) is 0 Å². The number of methoxy groups -OCH3 is 2. The number of benzene rings is 2. The Kier molecular flexibility index (Phi) is 5.16. The van der Waals surface area contributed by atoms with Crippen molar-refractivity contribution in [3.8, 4) is 11.5 Å². The number of nitrogens with one attached hydrogen (secondary N) is 1. The number of hydrogen-bond acceptors (Lipinski definition) is 7. The number of para-hydroxylation sites is 1. The van der Waals surface area contributed by atoms with E-state index in [2.05, 4.69) is 25.4 Å². The average Bonchev–Trinajstić information content (AvgIpc) is 2.74. The van der Waals surface area contributed by atoms with Crippen LogP contribution in [0.1, 0.15) is 11.1 Å². The van der Waals surface area contributed by atoms with E-state index in [1.165, 1.54) is 11.1 Å². The summed E-state index contributed by atoms with van der Waals surface area (Å²) in [4.78, 5) is 6.78. The van der Waals surface area contributed by atoms with Gasteiger partial charge < -0.3 is 19.7 Å². The minimum Gasteiger partial charge on any atom is -0.493 e. The smallest absolute Gasteiger partial charge is 0.249 e. The predicted octanol–water partition coefficient (Wildman–Crippen LogP) is 3.85. The van der Waals surface area contributed by atoms with Gasteiger partial charge in [-0.05, 0) is 41.8 Å². The topological polar surface area (TPSA) is 72.4 Å². The van der Waals surface area contributed by atoms with Gasteiger partial charge in [0.15, 0.2) is 17.3 Å². The molecule has 0 aliphatic carbocycles. The molecule has 0 radical (unpaired) electrons. The van der Waals surface area contributed by atoms with E-state index in [0.29, 0.717) is 17.5 Å². The SMILES string of the molecule is COc1cc2c(cc1OC)CN(c1cnnc(Nc3ccccc3Cl)n1)CC2. The van der Waals surface area contributed by atoms with Crippen LogP contribution >= 0.6 is 11.6 Å². The van der Waals surface area contributed by atoms with Gasteiger partial charge in [-0.3, -0.25) is 0 Å². The van der Waals surface area contributed by atoms with E-state index in [9.17, 15) is 0 Å². The Morgan fingerprint density at radius 2 is 1.82 bits per heavy atom. The van der Waals surface area contributed by atoms with Crippen molar-refractivity contribution >= 4 is 29.1 Å². The van der Waals surface area contributed by atoms with Gasteiger partial charge in [0.1, 0.15) is 0 Å². The van der Waals surface area contributed by atoms with Crippen LogP contribution in [0.2, 0.25) is 5.02 Å². The molecule has 8 heteroatoms. The van der Waals surface area contributed by atoms with Crippen molar-refractivity contribution < 1.29 is 9.47 Å². The molecule has 0 bridgehead atoms. The van der Waals surface area contributed by atoms with E-state index in [0.717, 1.165) is 36.0 Å². The van der Waals surface area contributed by atoms with Crippen LogP contribution in [0.15, 0.2) is 42.6 Å². The standard InChI is InChI=1S/C20H20ClN5O2/c1-27-17-9-13-7-8-26(12-14(13)10-18(17)28-2)19-11-22-25-20(24-19)23-16-6-4-3-5-15(16)21/h3-6,9-11H,7-8,12H2,1-2H3,(H,23,24,25). The number of hydrogen-bond donors (Lipinski definition) is 1. The molecular weight excluding hydrogens is 378 g/mol. The fourth-order valence-corrected chi connectivity index (χ4v) is 3.44. The maximum Gasteiger partial charge on any atom is 0.249 e. The van der Waals surface area contributed by atoms with E-state index in [1.54, 1.807) is 20.4 Å². The van der Waals surface area contributed by atoms with Crippen LogP contribution in [-0.4, -0.2) is 35.9 Å². The second-order valence-corrected chi connectivity index (χ2v) is 6.80. The molecule has 0 saturated carbocycles. The van der Waals surface area contributed by atoms with Crippen LogP contribution in [0, 0.1) is 0 Å². The third-order valence-corrected chi connectivity index (χ3v) is 5.04. The Hall–Kier alpha value is -3.06. The molecule has 1 N–H and O–H groups in total. The van der Waals surface area contributed by atoms with Crippen molar-refractivity contribution in [2.24, 2.45) is 0 Å². The first kappa shape index (κ1) is 18.3. The molecule has 4 rings (SSSR count). The summed E-state index contributed by atoms with van der Waals surface area (Å²) in [5, 5.41) is 11.9. The Morgan fingerprint density at radius 1 is 1.07 bits per heavy atom. The molecule has 1 aromatic heterocycles. The van der Waals surface area contributed by atoms with Gasteiger partial charge in [-0.2, -0.15) is 10.1 Å². The molecule has 2 aromatic carbocycles. The Morgan fingerprint density at radius 3 is 2.57 bits per heavy atom. The number of nitrogens with zero attached hydrogens (tertiary/aromatic N) is 4. The third-order valence-electron chi connectivity index (χ3n) is 4.71. The van der Waals surface area contributed by atoms with Gasteiger partial charge in [-0.1, -0.05) is 23.7 Å². The molecule has 1 aliphatic heterocycles. The first-order valence-electron chi connectivity index (χ1n) is 8.88. The summed E-state index contributed by atoms with van der Waals surface area (Å²) in [6.45, 7) is 1.53. The van der Waals surface area contributed by atoms with Gasteiger partial charge >= 0.3 is 0 Å². The maximum atomic E-state index is 6.20. The lowest BCUT2D eigenvalue weighted by Gasteiger charge is -2.30. The normalized spacial score (nSPS) is 13.0. The quantitative estimate of drug-likeness (QED) is 0.701. The van der Waals surface area contributed by atoms with Crippen LogP contribution in [-0.2, 0) is 13.0 Å². The molecule has 144 valence electrons. The molecule has 7 nitrogen and oxygen atoms in total. The maximum absolute atomic E-state index is 6.20. The van der Waals surface area contributed by atoms with Crippen LogP contribution in [0.3, 0.4) is 0 Å². The predicted molar refractivity (Wildman–Crippen MR) is 109 cm³/mol. The average molecular weight is 398 g/mol. The van der Waals surface area contributed by atoms with E-state index < -0.39 is 0 Å². The van der Waals surface area contributed by atoms with Gasteiger partial charge in [0, 0.05) is 13.1 Å². The van der Waals surface area contributed by atoms with Crippen molar-refractivity contribution in [3.05, 3.63) is 58.7 Å². The number of rotatable bonds is 5. The monoisotopic (exact) mass is 397 g/mol. The van der Waals surface area contributed by atoms with E-state index >= 15 is 0 Å². The highest BCUT2D eigenvalue weighted by atomic mass is 35.5. The van der Waals surface area contributed by atoms with Crippen molar-refractivity contribution in [2.75, 3.05) is 31.0 Å². The van der Waals surface area contributed by atoms with Gasteiger partial charge in [0.2, 0.25) is 5.95 Å². The van der Waals surface area contributed by atoms with Crippen molar-refractivity contribution in [3.63, 3.8) is 0 Å². The summed E-state index contributed by atoms with van der Waals surface area (Å²) in [5.74, 6) is 2.64. The fraction of sp³-hybridized carbons (Fsp3) is 0.250. The Balaban J connectivity index is 1.57. The fourth-order valence-electron chi connectivity index (χ4n) is 3.26. The van der Waals surface area contributed by atoms with Gasteiger partial charge in [0.05, 0.1) is 31.1 Å². The molecular formula is C20H20ClN5O2. The lowest BCUT2D eigenvalue weighted by Crippen LogP contribution is -2.31. The van der Waals surface area contributed by atoms with Gasteiger partial charge in [0.25, 0.3) is 0 Å². The first-order valence-corrected chi connectivity index (χ1v) is 9.25. The minimum absolute atomic E-state index is 0.406. The molecule has 0 spiro atoms. The molecule has 28 heavy (non-hydrogen) atoms. The van der Waals surface area contributed by atoms with Crippen molar-refractivity contribution in [1.29, 1.82) is 0 Å². The van der Waals surface area contributed by atoms with Crippen LogP contribution in [0.4, 0.5) is 17.5 Å². The molecule has 0 saturated heterocycles. The number of anilines is 3. The number of ether oxygens (including phenoxy) is 2. The second-order valence-electron chi connectivity index (χ2n) is 6.39. The second kappa shape index (κ2) is 7.90. The number of fused-ring (bicyclic) bond motifs is 1. The molecule has 0 unspecified atom stereocenters. The summed E-state index contributed by atoms with van der Waals surface area (Å²) in [6.07, 6.45) is 2.55. The minimum atomic E-state index is 0.406. The number of halogens is 1. The highest BCUT2D eigenvalue weighted by Gasteiger charge is 2.21. The largest absolute Gasteiger partial charge is 0.493 e. The summed E-state index contributed by atoms with van der Waals surface area (Å²) in [5.41, 5.74) is 3.18. The highest BCUT2D eigenvalue weighted by Crippen LogP contribution is 2.34. The Labute approximate surface area is 168 Å². The van der Waals surface area contributed by atoms with Crippen LogP contribution in [0.25, 0.3) is 0 Å². The summed E-state index contributed by atoms with van der Waals surface area (Å²) < 4.78 is 10.8. The first-order chi connectivity index (χ1) is 13.7. The third kappa shape index (κ3) is 3.66. The zero-order valence-corrected chi connectivity index (χ0v) is 16.4. The zero-order chi connectivity index (χ0) is 19.5. The van der Waals surface area contributed by atoms with Crippen molar-refractivity contribution in [1.82, 2.24) is 15.2 Å². The van der Waals surface area contributed by atoms with Gasteiger partial charge in [-0.15, -0.1) is 5.10 Å². The zero-order valence-electron chi connectivity index (χ0n) is 15.6. The van der Waals surface area contributed by atoms with Gasteiger partial charge in [-0.25, -0.2) is 0 Å². The van der Waals surface area contributed by atoms with Crippen LogP contribution < -0.4 is 19.7 Å². The molecule has 3 aromatic rings. The molecule has 0 amide bonds. The summed E-state index contributed by atoms with van der Waals surface area (Å²) in [6, 6.07) is 11.5.